The highest BCUT2D eigenvalue weighted by Crippen LogP contribution is 2.21. The second kappa shape index (κ2) is 6.57. The molecule has 1 N–H and O–H groups in total. The van der Waals surface area contributed by atoms with Gasteiger partial charge in [-0.3, -0.25) is 0 Å². The van der Waals surface area contributed by atoms with Gasteiger partial charge in [-0.2, -0.15) is 0 Å². The fourth-order valence-electron chi connectivity index (χ4n) is 1.89. The summed E-state index contributed by atoms with van der Waals surface area (Å²) in [5.41, 5.74) is 3.60. The average molecular weight is 237 g/mol. The van der Waals surface area contributed by atoms with Gasteiger partial charge in [0.1, 0.15) is 5.82 Å². The lowest BCUT2D eigenvalue weighted by Crippen LogP contribution is -2.26. The molecule has 1 aromatic heterocycles. The largest absolute Gasteiger partial charge is 0.383 e. The summed E-state index contributed by atoms with van der Waals surface area (Å²) in [5, 5.41) is 3.20. The van der Waals surface area contributed by atoms with Crippen LogP contribution in [-0.4, -0.2) is 39.3 Å². The van der Waals surface area contributed by atoms with Crippen molar-refractivity contribution < 1.29 is 4.74 Å². The lowest BCUT2D eigenvalue weighted by atomic mass is 10.1. The van der Waals surface area contributed by atoms with Gasteiger partial charge in [0.05, 0.1) is 6.61 Å². The lowest BCUT2D eigenvalue weighted by Gasteiger charge is -2.22. The minimum absolute atomic E-state index is 0.712. The fourth-order valence-corrected chi connectivity index (χ4v) is 1.89. The van der Waals surface area contributed by atoms with Crippen molar-refractivity contribution in [3.63, 3.8) is 0 Å². The van der Waals surface area contributed by atoms with Crippen LogP contribution in [0, 0.1) is 13.8 Å². The number of hydrogen-bond acceptors (Lipinski definition) is 4. The molecule has 4 heteroatoms. The molecule has 0 aliphatic carbocycles. The third kappa shape index (κ3) is 3.68. The lowest BCUT2D eigenvalue weighted by molar-refractivity contribution is 0.206. The van der Waals surface area contributed by atoms with Crippen LogP contribution in [0.5, 0.6) is 0 Å². The highest BCUT2D eigenvalue weighted by Gasteiger charge is 2.12. The molecule has 0 aromatic carbocycles. The Hall–Kier alpha value is -1.13. The van der Waals surface area contributed by atoms with E-state index in [1.165, 1.54) is 11.1 Å². The zero-order chi connectivity index (χ0) is 12.8. The number of aryl methyl sites for hydroxylation is 2. The van der Waals surface area contributed by atoms with Gasteiger partial charge in [0, 0.05) is 38.5 Å². The number of nitrogens with one attached hydrogen (secondary N) is 1. The molecular weight excluding hydrogens is 214 g/mol. The average Bonchev–Trinajstić information content (AvgIpc) is 2.29. The Morgan fingerprint density at radius 3 is 2.71 bits per heavy atom. The van der Waals surface area contributed by atoms with Gasteiger partial charge in [-0.1, -0.05) is 0 Å². The molecule has 96 valence electrons. The highest BCUT2D eigenvalue weighted by atomic mass is 16.5. The second-order valence-corrected chi connectivity index (χ2v) is 4.33. The number of ether oxygens (including phenoxy) is 1. The van der Waals surface area contributed by atoms with E-state index < -0.39 is 0 Å². The molecule has 4 nitrogen and oxygen atoms in total. The SMILES string of the molecule is CNCc1c(C)cc(C)nc1N(C)CCOC. The van der Waals surface area contributed by atoms with E-state index in [2.05, 4.69) is 35.2 Å². The zero-order valence-corrected chi connectivity index (χ0v) is 11.5. The highest BCUT2D eigenvalue weighted by molar-refractivity contribution is 5.51. The molecule has 0 aliphatic heterocycles. The van der Waals surface area contributed by atoms with E-state index in [-0.39, 0.29) is 0 Å². The van der Waals surface area contributed by atoms with Gasteiger partial charge >= 0.3 is 0 Å². The van der Waals surface area contributed by atoms with Crippen LogP contribution < -0.4 is 10.2 Å². The standard InChI is InChI=1S/C13H23N3O/c1-10-8-11(2)15-13(12(10)9-14-3)16(4)6-7-17-5/h8,14H,6-7,9H2,1-5H3. The summed E-state index contributed by atoms with van der Waals surface area (Å²) in [6, 6.07) is 2.13. The van der Waals surface area contributed by atoms with Crippen LogP contribution in [0.3, 0.4) is 0 Å². The monoisotopic (exact) mass is 237 g/mol. The predicted octanol–water partition coefficient (Wildman–Crippen LogP) is 1.50. The maximum atomic E-state index is 5.11. The van der Waals surface area contributed by atoms with Crippen molar-refractivity contribution in [1.82, 2.24) is 10.3 Å². The minimum Gasteiger partial charge on any atom is -0.383 e. The molecule has 0 saturated heterocycles. The van der Waals surface area contributed by atoms with Crippen molar-refractivity contribution in [3.8, 4) is 0 Å². The molecule has 0 unspecified atom stereocenters. The molecule has 17 heavy (non-hydrogen) atoms. The van der Waals surface area contributed by atoms with Crippen LogP contribution in [0.25, 0.3) is 0 Å². The Balaban J connectivity index is 3.01. The van der Waals surface area contributed by atoms with Crippen LogP contribution in [0.2, 0.25) is 0 Å². The smallest absolute Gasteiger partial charge is 0.133 e. The molecule has 0 amide bonds. The molecule has 0 fully saturated rings. The summed E-state index contributed by atoms with van der Waals surface area (Å²) in [6.07, 6.45) is 0. The fraction of sp³-hybridized carbons (Fsp3) is 0.615. The molecular formula is C13H23N3O. The van der Waals surface area contributed by atoms with Gasteiger partial charge in [-0.25, -0.2) is 4.98 Å². The summed E-state index contributed by atoms with van der Waals surface area (Å²) in [7, 11) is 5.73. The van der Waals surface area contributed by atoms with Gasteiger partial charge in [0.2, 0.25) is 0 Å². The molecule has 0 atom stereocenters. The zero-order valence-electron chi connectivity index (χ0n) is 11.5. The van der Waals surface area contributed by atoms with E-state index in [1.807, 2.05) is 14.0 Å². The van der Waals surface area contributed by atoms with E-state index >= 15 is 0 Å². The Morgan fingerprint density at radius 1 is 1.41 bits per heavy atom. The Bertz CT molecular complexity index is 366. The Labute approximate surface area is 104 Å². The first-order valence-electron chi connectivity index (χ1n) is 5.92. The third-order valence-electron chi connectivity index (χ3n) is 2.80. The summed E-state index contributed by atoms with van der Waals surface area (Å²) in [4.78, 5) is 6.78. The maximum Gasteiger partial charge on any atom is 0.133 e. The van der Waals surface area contributed by atoms with Gasteiger partial charge < -0.3 is 15.0 Å². The van der Waals surface area contributed by atoms with Crippen molar-refractivity contribution in [2.45, 2.75) is 20.4 Å². The Morgan fingerprint density at radius 2 is 2.12 bits per heavy atom. The molecule has 0 aliphatic rings. The van der Waals surface area contributed by atoms with E-state index in [4.69, 9.17) is 4.74 Å². The molecule has 0 saturated carbocycles. The second-order valence-electron chi connectivity index (χ2n) is 4.33. The van der Waals surface area contributed by atoms with Crippen LogP contribution in [0.1, 0.15) is 16.8 Å². The van der Waals surface area contributed by atoms with E-state index in [0.29, 0.717) is 6.61 Å². The quantitative estimate of drug-likeness (QED) is 0.813. The van der Waals surface area contributed by atoms with Crippen molar-refractivity contribution in [2.75, 3.05) is 39.3 Å². The van der Waals surface area contributed by atoms with Crippen LogP contribution in [-0.2, 0) is 11.3 Å². The van der Waals surface area contributed by atoms with Gasteiger partial charge in [-0.05, 0) is 32.5 Å². The number of pyridine rings is 1. The summed E-state index contributed by atoms with van der Waals surface area (Å²) < 4.78 is 5.11. The van der Waals surface area contributed by atoms with Crippen LogP contribution in [0.15, 0.2) is 6.07 Å². The van der Waals surface area contributed by atoms with E-state index in [0.717, 1.165) is 24.6 Å². The summed E-state index contributed by atoms with van der Waals surface area (Å²) in [6.45, 7) is 6.57. The first kappa shape index (κ1) is 13.9. The predicted molar refractivity (Wildman–Crippen MR) is 71.6 cm³/mol. The van der Waals surface area contributed by atoms with Crippen molar-refractivity contribution in [3.05, 3.63) is 22.9 Å². The van der Waals surface area contributed by atoms with Crippen molar-refractivity contribution in [2.24, 2.45) is 0 Å². The molecule has 0 radical (unpaired) electrons. The Kier molecular flexibility index (Phi) is 5.38. The number of aromatic nitrogens is 1. The minimum atomic E-state index is 0.712. The van der Waals surface area contributed by atoms with Crippen LogP contribution >= 0.6 is 0 Å². The number of hydrogen-bond donors (Lipinski definition) is 1. The topological polar surface area (TPSA) is 37.4 Å². The van der Waals surface area contributed by atoms with Gasteiger partial charge in [-0.15, -0.1) is 0 Å². The van der Waals surface area contributed by atoms with E-state index in [9.17, 15) is 0 Å². The van der Waals surface area contributed by atoms with Gasteiger partial charge in [0.15, 0.2) is 0 Å². The van der Waals surface area contributed by atoms with Crippen molar-refractivity contribution in [1.29, 1.82) is 0 Å². The third-order valence-corrected chi connectivity index (χ3v) is 2.80. The van der Waals surface area contributed by atoms with Crippen LogP contribution in [0.4, 0.5) is 5.82 Å². The molecule has 0 spiro atoms. The summed E-state index contributed by atoms with van der Waals surface area (Å²) in [5.74, 6) is 1.05. The first-order valence-corrected chi connectivity index (χ1v) is 5.92. The summed E-state index contributed by atoms with van der Waals surface area (Å²) >= 11 is 0. The molecule has 1 aromatic rings. The normalized spacial score (nSPS) is 10.6. The molecule has 1 heterocycles. The number of likely N-dealkylation sites (N-methyl/N-ethyl adjacent to an activating group) is 1. The van der Waals surface area contributed by atoms with Gasteiger partial charge in [0.25, 0.3) is 0 Å². The van der Waals surface area contributed by atoms with Crippen molar-refractivity contribution >= 4 is 5.82 Å². The number of nitrogens with zero attached hydrogens (tertiary/aromatic N) is 2. The maximum absolute atomic E-state index is 5.11. The van der Waals surface area contributed by atoms with E-state index in [1.54, 1.807) is 7.11 Å². The molecule has 1 rings (SSSR count). The number of rotatable bonds is 6. The molecule has 0 bridgehead atoms. The number of anilines is 1. The number of methoxy groups -OCH3 is 1. The first-order chi connectivity index (χ1) is 8.10.